The lowest BCUT2D eigenvalue weighted by Gasteiger charge is -2.13. The fourth-order valence-corrected chi connectivity index (χ4v) is 4.16. The van der Waals surface area contributed by atoms with Crippen LogP contribution in [0.5, 0.6) is 5.75 Å². The van der Waals surface area contributed by atoms with Crippen molar-refractivity contribution in [2.75, 3.05) is 15.4 Å². The number of halogens is 3. The standard InChI is InChI=1S/C21H18ClF2N3O4S/c1-13-2-5-17(12-19(13)32(29,30)27-16-6-3-14(22)4-7-16)26-21(28)25-15-8-10-18(11-9-15)31-20(23)24/h2-12,20,27H,1H3,(H2,25,26,28). The maximum absolute atomic E-state index is 12.8. The van der Waals surface area contributed by atoms with E-state index in [0.717, 1.165) is 0 Å². The zero-order chi connectivity index (χ0) is 23.3. The fraction of sp³-hybridized carbons (Fsp3) is 0.0952. The van der Waals surface area contributed by atoms with Crippen molar-refractivity contribution in [1.82, 2.24) is 0 Å². The first kappa shape index (κ1) is 23.3. The van der Waals surface area contributed by atoms with Gasteiger partial charge in [0, 0.05) is 22.1 Å². The van der Waals surface area contributed by atoms with E-state index >= 15 is 0 Å². The molecule has 0 saturated carbocycles. The Labute approximate surface area is 188 Å². The summed E-state index contributed by atoms with van der Waals surface area (Å²) in [6, 6.07) is 15.3. The largest absolute Gasteiger partial charge is 0.435 e. The molecule has 0 saturated heterocycles. The highest BCUT2D eigenvalue weighted by molar-refractivity contribution is 7.92. The van der Waals surface area contributed by atoms with Gasteiger partial charge >= 0.3 is 12.6 Å². The van der Waals surface area contributed by atoms with Crippen LogP contribution in [0.15, 0.2) is 71.6 Å². The van der Waals surface area contributed by atoms with Crippen molar-refractivity contribution in [3.63, 3.8) is 0 Å². The molecule has 11 heteroatoms. The minimum absolute atomic E-state index is 0.0150. The van der Waals surface area contributed by atoms with Gasteiger partial charge in [-0.15, -0.1) is 0 Å². The van der Waals surface area contributed by atoms with E-state index in [0.29, 0.717) is 22.0 Å². The molecule has 3 N–H and O–H groups in total. The number of urea groups is 1. The molecule has 3 aromatic carbocycles. The van der Waals surface area contributed by atoms with Crippen molar-refractivity contribution >= 4 is 44.7 Å². The molecular formula is C21H18ClF2N3O4S. The van der Waals surface area contributed by atoms with Crippen molar-refractivity contribution in [3.05, 3.63) is 77.3 Å². The van der Waals surface area contributed by atoms with E-state index in [4.69, 9.17) is 11.6 Å². The van der Waals surface area contributed by atoms with Crippen molar-refractivity contribution in [1.29, 1.82) is 0 Å². The molecule has 0 atom stereocenters. The highest BCUT2D eigenvalue weighted by Crippen LogP contribution is 2.24. The fourth-order valence-electron chi connectivity index (χ4n) is 2.71. The number of ether oxygens (including phenoxy) is 1. The summed E-state index contributed by atoms with van der Waals surface area (Å²) in [6.07, 6.45) is 0. The Kier molecular flexibility index (Phi) is 7.16. The molecule has 0 spiro atoms. The Balaban J connectivity index is 1.70. The lowest BCUT2D eigenvalue weighted by molar-refractivity contribution is -0.0498. The van der Waals surface area contributed by atoms with Gasteiger partial charge < -0.3 is 15.4 Å². The lowest BCUT2D eigenvalue weighted by atomic mass is 10.2. The first-order chi connectivity index (χ1) is 15.1. The second kappa shape index (κ2) is 9.84. The number of aryl methyl sites for hydroxylation is 1. The summed E-state index contributed by atoms with van der Waals surface area (Å²) in [7, 11) is -3.93. The molecule has 7 nitrogen and oxygen atoms in total. The predicted octanol–water partition coefficient (Wildman–Crippen LogP) is 5.69. The van der Waals surface area contributed by atoms with E-state index in [2.05, 4.69) is 20.1 Å². The van der Waals surface area contributed by atoms with Crippen LogP contribution in [0.1, 0.15) is 5.56 Å². The zero-order valence-electron chi connectivity index (χ0n) is 16.6. The molecule has 3 rings (SSSR count). The molecule has 0 aliphatic carbocycles. The van der Waals surface area contributed by atoms with Crippen molar-refractivity contribution in [3.8, 4) is 5.75 Å². The average Bonchev–Trinajstić information content (AvgIpc) is 2.72. The summed E-state index contributed by atoms with van der Waals surface area (Å²) in [5.74, 6) is -0.0486. The topological polar surface area (TPSA) is 96.5 Å². The summed E-state index contributed by atoms with van der Waals surface area (Å²) in [5, 5.41) is 5.53. The van der Waals surface area contributed by atoms with Crippen LogP contribution < -0.4 is 20.1 Å². The van der Waals surface area contributed by atoms with Crippen LogP contribution in [0.4, 0.5) is 30.6 Å². The molecular weight excluding hydrogens is 464 g/mol. The van der Waals surface area contributed by atoms with Crippen LogP contribution in [-0.4, -0.2) is 21.1 Å². The number of rotatable bonds is 7. The SMILES string of the molecule is Cc1ccc(NC(=O)Nc2ccc(OC(F)F)cc2)cc1S(=O)(=O)Nc1ccc(Cl)cc1. The second-order valence-corrected chi connectivity index (χ2v) is 8.66. The minimum Gasteiger partial charge on any atom is -0.435 e. The van der Waals surface area contributed by atoms with Gasteiger partial charge in [-0.2, -0.15) is 8.78 Å². The molecule has 0 unspecified atom stereocenters. The number of hydrogen-bond acceptors (Lipinski definition) is 4. The second-order valence-electron chi connectivity index (χ2n) is 6.57. The molecule has 0 aromatic heterocycles. The van der Waals surface area contributed by atoms with Gasteiger partial charge in [-0.1, -0.05) is 17.7 Å². The van der Waals surface area contributed by atoms with E-state index < -0.39 is 22.7 Å². The van der Waals surface area contributed by atoms with E-state index in [1.165, 1.54) is 42.5 Å². The number of carbonyl (C=O) groups excluding carboxylic acids is 1. The lowest BCUT2D eigenvalue weighted by Crippen LogP contribution is -2.20. The summed E-state index contributed by atoms with van der Waals surface area (Å²) in [4.78, 5) is 12.2. The summed E-state index contributed by atoms with van der Waals surface area (Å²) in [6.45, 7) is -1.32. The number of carbonyl (C=O) groups is 1. The highest BCUT2D eigenvalue weighted by atomic mass is 35.5. The van der Waals surface area contributed by atoms with Gasteiger partial charge in [0.1, 0.15) is 5.75 Å². The number of anilines is 3. The minimum atomic E-state index is -3.93. The quantitative estimate of drug-likeness (QED) is 0.403. The van der Waals surface area contributed by atoms with Crippen LogP contribution in [0, 0.1) is 6.92 Å². The molecule has 32 heavy (non-hydrogen) atoms. The van der Waals surface area contributed by atoms with Gasteiger partial charge in [0.05, 0.1) is 4.90 Å². The summed E-state index contributed by atoms with van der Waals surface area (Å²) < 4.78 is 56.7. The van der Waals surface area contributed by atoms with E-state index in [1.54, 1.807) is 31.2 Å². The molecule has 0 fully saturated rings. The zero-order valence-corrected chi connectivity index (χ0v) is 18.2. The molecule has 0 aliphatic heterocycles. The van der Waals surface area contributed by atoms with E-state index in [-0.39, 0.29) is 16.3 Å². The Bertz CT molecular complexity index is 1200. The number of benzene rings is 3. The molecule has 0 heterocycles. The molecule has 2 amide bonds. The third-order valence-electron chi connectivity index (χ3n) is 4.17. The molecule has 0 aliphatic rings. The molecule has 0 radical (unpaired) electrons. The third kappa shape index (κ3) is 6.32. The number of nitrogens with one attached hydrogen (secondary N) is 3. The Hall–Kier alpha value is -3.37. The molecule has 0 bridgehead atoms. The maximum atomic E-state index is 12.8. The first-order valence-corrected chi connectivity index (χ1v) is 11.0. The van der Waals surface area contributed by atoms with Crippen molar-refractivity contribution in [2.24, 2.45) is 0 Å². The third-order valence-corrected chi connectivity index (χ3v) is 5.94. The highest BCUT2D eigenvalue weighted by Gasteiger charge is 2.18. The van der Waals surface area contributed by atoms with Gasteiger partial charge in [0.25, 0.3) is 10.0 Å². The van der Waals surface area contributed by atoms with Crippen molar-refractivity contribution < 1.29 is 26.7 Å². The van der Waals surface area contributed by atoms with Crippen LogP contribution in [0.3, 0.4) is 0 Å². The number of hydrogen-bond donors (Lipinski definition) is 3. The Morgan fingerprint density at radius 3 is 2.09 bits per heavy atom. The van der Waals surface area contributed by atoms with Gasteiger partial charge in [-0.25, -0.2) is 13.2 Å². The molecule has 3 aromatic rings. The summed E-state index contributed by atoms with van der Waals surface area (Å²) in [5.41, 5.74) is 1.38. The predicted molar refractivity (Wildman–Crippen MR) is 119 cm³/mol. The maximum Gasteiger partial charge on any atom is 0.387 e. The van der Waals surface area contributed by atoms with Crippen LogP contribution in [0.2, 0.25) is 5.02 Å². The average molecular weight is 482 g/mol. The van der Waals surface area contributed by atoms with Crippen LogP contribution in [0.25, 0.3) is 0 Å². The number of amides is 2. The van der Waals surface area contributed by atoms with Crippen LogP contribution in [-0.2, 0) is 10.0 Å². The van der Waals surface area contributed by atoms with Gasteiger partial charge in [-0.05, 0) is 73.2 Å². The monoisotopic (exact) mass is 481 g/mol. The number of alkyl halides is 2. The van der Waals surface area contributed by atoms with E-state index in [9.17, 15) is 22.0 Å². The van der Waals surface area contributed by atoms with E-state index in [1.807, 2.05) is 0 Å². The van der Waals surface area contributed by atoms with Gasteiger partial charge in [0.15, 0.2) is 0 Å². The van der Waals surface area contributed by atoms with Gasteiger partial charge in [-0.3, -0.25) is 4.72 Å². The number of sulfonamides is 1. The Morgan fingerprint density at radius 1 is 0.906 bits per heavy atom. The van der Waals surface area contributed by atoms with Crippen molar-refractivity contribution in [2.45, 2.75) is 18.4 Å². The molecule has 168 valence electrons. The van der Waals surface area contributed by atoms with Crippen LogP contribution >= 0.6 is 11.6 Å². The Morgan fingerprint density at radius 2 is 1.47 bits per heavy atom. The first-order valence-electron chi connectivity index (χ1n) is 9.14. The van der Waals surface area contributed by atoms with Gasteiger partial charge in [0.2, 0.25) is 0 Å². The smallest absolute Gasteiger partial charge is 0.387 e. The normalized spacial score (nSPS) is 11.2. The summed E-state index contributed by atoms with van der Waals surface area (Å²) >= 11 is 5.82.